The molecule has 18 heavy (non-hydrogen) atoms. The highest BCUT2D eigenvalue weighted by atomic mass is 32.1. The molecule has 1 fully saturated rings. The first-order valence-electron chi connectivity index (χ1n) is 6.74. The van der Waals surface area contributed by atoms with Crippen molar-refractivity contribution in [1.82, 2.24) is 0 Å². The van der Waals surface area contributed by atoms with Gasteiger partial charge in [0, 0.05) is 5.92 Å². The molecule has 0 spiro atoms. The molecule has 0 aliphatic heterocycles. The maximum atomic E-state index is 5.95. The van der Waals surface area contributed by atoms with E-state index in [-0.39, 0.29) is 5.92 Å². The van der Waals surface area contributed by atoms with Gasteiger partial charge in [0.1, 0.15) is 5.75 Å². The zero-order valence-electron chi connectivity index (χ0n) is 10.9. The molecule has 2 rings (SSSR count). The van der Waals surface area contributed by atoms with E-state index in [1.807, 2.05) is 19.1 Å². The van der Waals surface area contributed by atoms with E-state index >= 15 is 0 Å². The molecule has 0 saturated heterocycles. The molecule has 0 radical (unpaired) electrons. The zero-order chi connectivity index (χ0) is 13.0. The molecule has 0 aromatic heterocycles. The van der Waals surface area contributed by atoms with Crippen LogP contribution in [0.25, 0.3) is 0 Å². The van der Waals surface area contributed by atoms with Crippen LogP contribution in [0.3, 0.4) is 0 Å². The molecule has 1 saturated carbocycles. The normalized spacial score (nSPS) is 17.6. The number of hydrogen-bond acceptors (Lipinski definition) is 2. The third-order valence-corrected chi connectivity index (χ3v) is 3.98. The van der Waals surface area contributed by atoms with Crippen molar-refractivity contribution in [3.8, 4) is 5.75 Å². The summed E-state index contributed by atoms with van der Waals surface area (Å²) in [6.45, 7) is 2.69. The summed E-state index contributed by atoms with van der Waals surface area (Å²) < 4.78 is 5.46. The zero-order valence-corrected chi connectivity index (χ0v) is 11.7. The molecule has 1 unspecified atom stereocenters. The molecule has 0 heterocycles. The van der Waals surface area contributed by atoms with Gasteiger partial charge in [0.15, 0.2) is 0 Å². The highest BCUT2D eigenvalue weighted by Crippen LogP contribution is 2.37. The second-order valence-corrected chi connectivity index (χ2v) is 5.40. The van der Waals surface area contributed by atoms with Crippen LogP contribution in [-0.2, 0) is 0 Å². The van der Waals surface area contributed by atoms with E-state index in [1.54, 1.807) is 0 Å². The molecule has 1 aromatic carbocycles. The number of hydrogen-bond donors (Lipinski definition) is 1. The van der Waals surface area contributed by atoms with E-state index in [0.29, 0.717) is 17.5 Å². The minimum absolute atomic E-state index is 0.234. The molecule has 2 N–H and O–H groups in total. The summed E-state index contributed by atoms with van der Waals surface area (Å²) in [5, 5.41) is 0. The van der Waals surface area contributed by atoms with Crippen molar-refractivity contribution in [3.63, 3.8) is 0 Å². The number of benzene rings is 1. The lowest BCUT2D eigenvalue weighted by molar-refractivity contribution is 0.340. The number of nitrogens with two attached hydrogens (primary N) is 1. The van der Waals surface area contributed by atoms with E-state index in [4.69, 9.17) is 22.7 Å². The van der Waals surface area contributed by atoms with Gasteiger partial charge in [0.2, 0.25) is 0 Å². The van der Waals surface area contributed by atoms with Crippen LogP contribution in [0.1, 0.15) is 44.1 Å². The monoisotopic (exact) mass is 263 g/mol. The van der Waals surface area contributed by atoms with Crippen LogP contribution in [0, 0.1) is 5.92 Å². The predicted molar refractivity (Wildman–Crippen MR) is 79.1 cm³/mol. The van der Waals surface area contributed by atoms with E-state index in [9.17, 15) is 0 Å². The molecular weight excluding hydrogens is 242 g/mol. The second-order valence-electron chi connectivity index (χ2n) is 4.93. The number of ether oxygens (including phenoxy) is 1. The number of rotatable bonds is 5. The fraction of sp³-hybridized carbons (Fsp3) is 0.533. The van der Waals surface area contributed by atoms with Crippen LogP contribution in [0.5, 0.6) is 5.75 Å². The van der Waals surface area contributed by atoms with E-state index in [2.05, 4.69) is 12.1 Å². The average molecular weight is 263 g/mol. The van der Waals surface area contributed by atoms with Crippen molar-refractivity contribution < 1.29 is 4.74 Å². The number of thiocarbonyl (C=S) groups is 1. The fourth-order valence-electron chi connectivity index (χ4n) is 2.90. The summed E-state index contributed by atoms with van der Waals surface area (Å²) in [7, 11) is 0. The van der Waals surface area contributed by atoms with Crippen molar-refractivity contribution >= 4 is 17.2 Å². The minimum atomic E-state index is 0.234. The Bertz CT molecular complexity index is 395. The Hall–Kier alpha value is -1.09. The first-order chi connectivity index (χ1) is 8.72. The molecule has 0 bridgehead atoms. The van der Waals surface area contributed by atoms with Crippen molar-refractivity contribution in [2.24, 2.45) is 11.7 Å². The highest BCUT2D eigenvalue weighted by molar-refractivity contribution is 7.80. The van der Waals surface area contributed by atoms with Gasteiger partial charge >= 0.3 is 0 Å². The molecule has 1 aromatic rings. The summed E-state index contributed by atoms with van der Waals surface area (Å²) in [6, 6.07) is 8.23. The van der Waals surface area contributed by atoms with Crippen LogP contribution in [0.4, 0.5) is 0 Å². The summed E-state index contributed by atoms with van der Waals surface area (Å²) in [5.74, 6) is 1.77. The molecule has 1 atom stereocenters. The smallest absolute Gasteiger partial charge is 0.119 e. The highest BCUT2D eigenvalue weighted by Gasteiger charge is 2.28. The Kier molecular flexibility index (Phi) is 4.59. The topological polar surface area (TPSA) is 35.2 Å². The third-order valence-electron chi connectivity index (χ3n) is 3.73. The van der Waals surface area contributed by atoms with Crippen molar-refractivity contribution in [2.45, 2.75) is 38.5 Å². The molecule has 0 amide bonds. The van der Waals surface area contributed by atoms with Crippen molar-refractivity contribution in [3.05, 3.63) is 29.8 Å². The van der Waals surface area contributed by atoms with Gasteiger partial charge in [-0.2, -0.15) is 0 Å². The lowest BCUT2D eigenvalue weighted by Gasteiger charge is -2.22. The first-order valence-corrected chi connectivity index (χ1v) is 7.15. The second kappa shape index (κ2) is 6.19. The molecule has 1 aliphatic rings. The Labute approximate surface area is 115 Å². The lowest BCUT2D eigenvalue weighted by atomic mass is 9.85. The van der Waals surface area contributed by atoms with Gasteiger partial charge in [-0.1, -0.05) is 37.2 Å². The Morgan fingerprint density at radius 2 is 1.94 bits per heavy atom. The van der Waals surface area contributed by atoms with Gasteiger partial charge in [-0.3, -0.25) is 0 Å². The molecular formula is C15H21NOS. The van der Waals surface area contributed by atoms with Crippen LogP contribution >= 0.6 is 12.2 Å². The fourth-order valence-corrected chi connectivity index (χ4v) is 3.23. The van der Waals surface area contributed by atoms with Crippen molar-refractivity contribution in [2.75, 3.05) is 6.61 Å². The minimum Gasteiger partial charge on any atom is -0.494 e. The van der Waals surface area contributed by atoms with Crippen LogP contribution in [0.15, 0.2) is 24.3 Å². The maximum absolute atomic E-state index is 5.95. The van der Waals surface area contributed by atoms with E-state index in [0.717, 1.165) is 5.75 Å². The third kappa shape index (κ3) is 3.02. The molecule has 98 valence electrons. The Morgan fingerprint density at radius 1 is 1.33 bits per heavy atom. The maximum Gasteiger partial charge on any atom is 0.119 e. The van der Waals surface area contributed by atoms with E-state index in [1.165, 1.54) is 31.2 Å². The van der Waals surface area contributed by atoms with Crippen molar-refractivity contribution in [1.29, 1.82) is 0 Å². The standard InChI is InChI=1S/C15H21NOS/c1-2-17-13-9-7-12(8-10-13)14(15(16)18)11-5-3-4-6-11/h7-11,14H,2-6H2,1H3,(H2,16,18). The Balaban J connectivity index is 2.17. The predicted octanol–water partition coefficient (Wildman–Crippen LogP) is 3.65. The van der Waals surface area contributed by atoms with Gasteiger partial charge in [-0.25, -0.2) is 0 Å². The first kappa shape index (κ1) is 13.3. The van der Waals surface area contributed by atoms with Gasteiger partial charge in [-0.15, -0.1) is 0 Å². The van der Waals surface area contributed by atoms with Crippen LogP contribution in [0.2, 0.25) is 0 Å². The molecule has 2 nitrogen and oxygen atoms in total. The lowest BCUT2D eigenvalue weighted by Crippen LogP contribution is -2.25. The van der Waals surface area contributed by atoms with Gasteiger partial charge in [-0.05, 0) is 43.4 Å². The van der Waals surface area contributed by atoms with E-state index < -0.39 is 0 Å². The van der Waals surface area contributed by atoms with Gasteiger partial charge in [0.05, 0.1) is 11.6 Å². The average Bonchev–Trinajstić information content (AvgIpc) is 2.85. The summed E-state index contributed by atoms with van der Waals surface area (Å²) in [6.07, 6.45) is 5.10. The van der Waals surface area contributed by atoms with Crippen LogP contribution < -0.4 is 10.5 Å². The quantitative estimate of drug-likeness (QED) is 0.824. The van der Waals surface area contributed by atoms with Gasteiger partial charge in [0.25, 0.3) is 0 Å². The molecule has 3 heteroatoms. The summed E-state index contributed by atoms with van der Waals surface area (Å²) >= 11 is 5.27. The Morgan fingerprint density at radius 3 is 2.44 bits per heavy atom. The van der Waals surface area contributed by atoms with Crippen LogP contribution in [-0.4, -0.2) is 11.6 Å². The SMILES string of the molecule is CCOc1ccc(C(C(N)=S)C2CCCC2)cc1. The molecule has 1 aliphatic carbocycles. The largest absolute Gasteiger partial charge is 0.494 e. The summed E-state index contributed by atoms with van der Waals surface area (Å²) in [5.41, 5.74) is 7.18. The van der Waals surface area contributed by atoms with Gasteiger partial charge < -0.3 is 10.5 Å². The summed E-state index contributed by atoms with van der Waals surface area (Å²) in [4.78, 5) is 0.631.